The van der Waals surface area contributed by atoms with Crippen LogP contribution < -0.4 is 5.73 Å². The quantitative estimate of drug-likeness (QED) is 0.805. The van der Waals surface area contributed by atoms with Gasteiger partial charge in [0.25, 0.3) is 0 Å². The minimum atomic E-state index is -0.407. The zero-order valence-electron chi connectivity index (χ0n) is 9.70. The maximum atomic E-state index is 9.81. The van der Waals surface area contributed by atoms with Crippen LogP contribution in [0.1, 0.15) is 31.7 Å². The molecule has 0 saturated heterocycles. The van der Waals surface area contributed by atoms with Crippen molar-refractivity contribution in [1.82, 2.24) is 0 Å². The van der Waals surface area contributed by atoms with Crippen LogP contribution in [0.5, 0.6) is 0 Å². The molecule has 1 aromatic carbocycles. The largest absolute Gasteiger partial charge is 0.392 e. The molecule has 0 aliphatic rings. The van der Waals surface area contributed by atoms with Gasteiger partial charge in [-0.3, -0.25) is 0 Å². The van der Waals surface area contributed by atoms with E-state index in [0.29, 0.717) is 6.42 Å². The third-order valence-electron chi connectivity index (χ3n) is 2.76. The summed E-state index contributed by atoms with van der Waals surface area (Å²) < 4.78 is 0. The van der Waals surface area contributed by atoms with Gasteiger partial charge < -0.3 is 10.8 Å². The third-order valence-corrected chi connectivity index (χ3v) is 3.01. The lowest BCUT2D eigenvalue weighted by Crippen LogP contribution is -2.34. The maximum Gasteiger partial charge on any atom is 0.0694 e. The number of hydrogen-bond donors (Lipinski definition) is 2. The first-order valence-corrected chi connectivity index (χ1v) is 6.19. The van der Waals surface area contributed by atoms with Crippen LogP contribution >= 0.6 is 11.6 Å². The Balaban J connectivity index is 2.36. The maximum absolute atomic E-state index is 9.81. The van der Waals surface area contributed by atoms with E-state index < -0.39 is 6.10 Å². The molecule has 1 aromatic rings. The van der Waals surface area contributed by atoms with Crippen molar-refractivity contribution in [2.45, 2.75) is 44.8 Å². The van der Waals surface area contributed by atoms with Gasteiger partial charge in [-0.05, 0) is 37.0 Å². The number of aliphatic hydroxyl groups excluding tert-OH is 1. The summed E-state index contributed by atoms with van der Waals surface area (Å²) in [6, 6.07) is 7.61. The number of nitrogens with two attached hydrogens (primary N) is 1. The van der Waals surface area contributed by atoms with Crippen molar-refractivity contribution in [3.63, 3.8) is 0 Å². The average molecular weight is 242 g/mol. The monoisotopic (exact) mass is 241 g/mol. The zero-order chi connectivity index (χ0) is 12.0. The van der Waals surface area contributed by atoms with E-state index in [9.17, 15) is 5.11 Å². The second-order valence-corrected chi connectivity index (χ2v) is 4.62. The summed E-state index contributed by atoms with van der Waals surface area (Å²) in [5.74, 6) is 0. The molecule has 1 rings (SSSR count). The summed E-state index contributed by atoms with van der Waals surface area (Å²) in [6.07, 6.45) is 3.04. The molecule has 0 aromatic heterocycles. The molecule has 3 N–H and O–H groups in total. The fraction of sp³-hybridized carbons (Fsp3) is 0.538. The van der Waals surface area contributed by atoms with E-state index in [-0.39, 0.29) is 6.04 Å². The summed E-state index contributed by atoms with van der Waals surface area (Å²) in [6.45, 7) is 2.08. The molecule has 16 heavy (non-hydrogen) atoms. The van der Waals surface area contributed by atoms with E-state index in [1.807, 2.05) is 24.3 Å². The van der Waals surface area contributed by atoms with Gasteiger partial charge in [-0.25, -0.2) is 0 Å². The Hall–Kier alpha value is -0.570. The Morgan fingerprint density at radius 1 is 1.25 bits per heavy atom. The summed E-state index contributed by atoms with van der Waals surface area (Å²) in [5.41, 5.74) is 7.03. The standard InChI is InChI=1S/C13H20ClNO/c1-2-3-12(15)13(16)9-6-10-4-7-11(14)8-5-10/h4-5,7-8,12-13,16H,2-3,6,9,15H2,1H3. The molecule has 0 radical (unpaired) electrons. The van der Waals surface area contributed by atoms with Crippen molar-refractivity contribution in [3.8, 4) is 0 Å². The van der Waals surface area contributed by atoms with Crippen molar-refractivity contribution >= 4 is 11.6 Å². The molecular weight excluding hydrogens is 222 g/mol. The highest BCUT2D eigenvalue weighted by atomic mass is 35.5. The van der Waals surface area contributed by atoms with Crippen molar-refractivity contribution in [1.29, 1.82) is 0 Å². The highest BCUT2D eigenvalue weighted by molar-refractivity contribution is 6.30. The van der Waals surface area contributed by atoms with Crippen molar-refractivity contribution < 1.29 is 5.11 Å². The van der Waals surface area contributed by atoms with Gasteiger partial charge in [0.2, 0.25) is 0 Å². The summed E-state index contributed by atoms with van der Waals surface area (Å²) in [5, 5.41) is 10.6. The van der Waals surface area contributed by atoms with Crippen LogP contribution in [0.2, 0.25) is 5.02 Å². The van der Waals surface area contributed by atoms with Crippen LogP contribution in [0.15, 0.2) is 24.3 Å². The van der Waals surface area contributed by atoms with Gasteiger partial charge in [-0.1, -0.05) is 37.1 Å². The van der Waals surface area contributed by atoms with Crippen molar-refractivity contribution in [2.24, 2.45) is 5.73 Å². The van der Waals surface area contributed by atoms with Crippen LogP contribution in [0.4, 0.5) is 0 Å². The Bertz CT molecular complexity index is 299. The molecule has 0 aliphatic carbocycles. The molecule has 2 nitrogen and oxygen atoms in total. The third kappa shape index (κ3) is 4.52. The molecular formula is C13H20ClNO. The molecule has 0 saturated carbocycles. The van der Waals surface area contributed by atoms with Gasteiger partial charge in [0.1, 0.15) is 0 Å². The molecule has 2 atom stereocenters. The Morgan fingerprint density at radius 3 is 2.44 bits per heavy atom. The zero-order valence-corrected chi connectivity index (χ0v) is 10.5. The molecule has 0 fully saturated rings. The van der Waals surface area contributed by atoms with Crippen LogP contribution in [0, 0.1) is 0 Å². The lowest BCUT2D eigenvalue weighted by atomic mass is 10.00. The number of hydrogen-bond acceptors (Lipinski definition) is 2. The SMILES string of the molecule is CCCC(N)C(O)CCc1ccc(Cl)cc1. The predicted molar refractivity (Wildman–Crippen MR) is 68.7 cm³/mol. The predicted octanol–water partition coefficient (Wildman–Crippen LogP) is 2.76. The van der Waals surface area contributed by atoms with E-state index >= 15 is 0 Å². The fourth-order valence-electron chi connectivity index (χ4n) is 1.71. The van der Waals surface area contributed by atoms with E-state index in [2.05, 4.69) is 6.92 Å². The molecule has 0 aliphatic heterocycles. The summed E-state index contributed by atoms with van der Waals surface area (Å²) in [4.78, 5) is 0. The Labute approximate surface area is 102 Å². The molecule has 90 valence electrons. The normalized spacial score (nSPS) is 14.8. The van der Waals surface area contributed by atoms with Gasteiger partial charge in [0.15, 0.2) is 0 Å². The van der Waals surface area contributed by atoms with E-state index in [1.165, 1.54) is 5.56 Å². The first-order valence-electron chi connectivity index (χ1n) is 5.81. The number of benzene rings is 1. The fourth-order valence-corrected chi connectivity index (χ4v) is 1.83. The Kier molecular flexibility index (Phi) is 5.81. The summed E-state index contributed by atoms with van der Waals surface area (Å²) in [7, 11) is 0. The van der Waals surface area contributed by atoms with E-state index in [0.717, 1.165) is 24.3 Å². The van der Waals surface area contributed by atoms with Gasteiger partial charge in [0, 0.05) is 11.1 Å². The molecule has 0 bridgehead atoms. The topological polar surface area (TPSA) is 46.2 Å². The number of halogens is 1. The second kappa shape index (κ2) is 6.89. The average Bonchev–Trinajstić information content (AvgIpc) is 2.28. The minimum Gasteiger partial charge on any atom is -0.392 e. The lowest BCUT2D eigenvalue weighted by molar-refractivity contribution is 0.131. The van der Waals surface area contributed by atoms with Crippen LogP contribution in [0.3, 0.4) is 0 Å². The summed E-state index contributed by atoms with van der Waals surface area (Å²) >= 11 is 5.80. The van der Waals surface area contributed by atoms with Crippen molar-refractivity contribution in [3.05, 3.63) is 34.9 Å². The number of rotatable bonds is 6. The van der Waals surface area contributed by atoms with Gasteiger partial charge in [-0.2, -0.15) is 0 Å². The van der Waals surface area contributed by atoms with Gasteiger partial charge in [0.05, 0.1) is 6.10 Å². The number of aliphatic hydroxyl groups is 1. The van der Waals surface area contributed by atoms with Gasteiger partial charge >= 0.3 is 0 Å². The Morgan fingerprint density at radius 2 is 1.88 bits per heavy atom. The first kappa shape index (κ1) is 13.5. The van der Waals surface area contributed by atoms with Crippen LogP contribution in [-0.4, -0.2) is 17.3 Å². The van der Waals surface area contributed by atoms with Crippen molar-refractivity contribution in [2.75, 3.05) is 0 Å². The first-order chi connectivity index (χ1) is 7.63. The second-order valence-electron chi connectivity index (χ2n) is 4.19. The molecule has 0 amide bonds. The van der Waals surface area contributed by atoms with Crippen LogP contribution in [0.25, 0.3) is 0 Å². The smallest absolute Gasteiger partial charge is 0.0694 e. The molecule has 3 heteroatoms. The van der Waals surface area contributed by atoms with E-state index in [1.54, 1.807) is 0 Å². The minimum absolute atomic E-state index is 0.0997. The van der Waals surface area contributed by atoms with Crippen LogP contribution in [-0.2, 0) is 6.42 Å². The highest BCUT2D eigenvalue weighted by Crippen LogP contribution is 2.13. The molecule has 2 unspecified atom stereocenters. The van der Waals surface area contributed by atoms with E-state index in [4.69, 9.17) is 17.3 Å². The van der Waals surface area contributed by atoms with Gasteiger partial charge in [-0.15, -0.1) is 0 Å². The number of aryl methyl sites for hydroxylation is 1. The highest BCUT2D eigenvalue weighted by Gasteiger charge is 2.13. The molecule has 0 heterocycles. The molecule has 0 spiro atoms. The lowest BCUT2D eigenvalue weighted by Gasteiger charge is -2.17.